The van der Waals surface area contributed by atoms with E-state index in [0.717, 1.165) is 22.4 Å². The van der Waals surface area contributed by atoms with Gasteiger partial charge in [0, 0.05) is 28.2 Å². The number of nitrogens with zero attached hydrogens (tertiary/aromatic N) is 5. The summed E-state index contributed by atoms with van der Waals surface area (Å²) in [5, 5.41) is 14.2. The third kappa shape index (κ3) is 5.55. The first-order valence-corrected chi connectivity index (χ1v) is 10.8. The number of carbonyl (C=O) groups is 1. The van der Waals surface area contributed by atoms with Crippen molar-refractivity contribution in [2.45, 2.75) is 6.54 Å². The molecule has 9 heteroatoms. The van der Waals surface area contributed by atoms with Crippen LogP contribution < -0.4 is 9.64 Å². The van der Waals surface area contributed by atoms with Crippen molar-refractivity contribution in [1.82, 2.24) is 0 Å². The van der Waals surface area contributed by atoms with E-state index in [2.05, 4.69) is 10.0 Å². The average Bonchev–Trinajstić information content (AvgIpc) is 3.14. The van der Waals surface area contributed by atoms with Crippen LogP contribution in [-0.2, 0) is 11.3 Å². The highest BCUT2D eigenvalue weighted by molar-refractivity contribution is 6.32. The first-order chi connectivity index (χ1) is 17.1. The number of nitro groups is 1. The standard InChI is InChI=1S/C26H21N5O4/c27-29-28-16-17-35-22-14-10-20(11-15-22)18-30-25-7-2-1-5-23(25)24(26(30)32)6-3-4-19-8-12-21(13-9-19)31(33)34/h1-15H,16-18H2/b4-3+,24-6?. The molecule has 0 atom stereocenters. The molecule has 174 valence electrons. The maximum absolute atomic E-state index is 13.3. The Morgan fingerprint density at radius 1 is 1.06 bits per heavy atom. The second-order valence-corrected chi connectivity index (χ2v) is 7.64. The number of hydrogen-bond donors (Lipinski definition) is 0. The summed E-state index contributed by atoms with van der Waals surface area (Å²) in [5.41, 5.74) is 12.4. The van der Waals surface area contributed by atoms with Crippen LogP contribution in [0.2, 0.25) is 0 Å². The Labute approximate surface area is 201 Å². The normalized spacial score (nSPS) is 13.7. The highest BCUT2D eigenvalue weighted by Crippen LogP contribution is 2.37. The number of carbonyl (C=O) groups excluding carboxylic acids is 1. The van der Waals surface area contributed by atoms with Crippen LogP contribution in [-0.4, -0.2) is 24.0 Å². The van der Waals surface area contributed by atoms with E-state index in [1.54, 1.807) is 35.3 Å². The number of rotatable bonds is 9. The molecule has 1 aliphatic heterocycles. The van der Waals surface area contributed by atoms with E-state index < -0.39 is 4.92 Å². The van der Waals surface area contributed by atoms with E-state index in [0.29, 0.717) is 24.5 Å². The minimum Gasteiger partial charge on any atom is -0.493 e. The van der Waals surface area contributed by atoms with Gasteiger partial charge in [-0.1, -0.05) is 47.6 Å². The zero-order valence-corrected chi connectivity index (χ0v) is 18.7. The first kappa shape index (κ1) is 23.3. The number of allylic oxidation sites excluding steroid dienone is 2. The van der Waals surface area contributed by atoms with Gasteiger partial charge >= 0.3 is 0 Å². The molecular formula is C26H21N5O4. The van der Waals surface area contributed by atoms with Crippen molar-refractivity contribution >= 4 is 28.9 Å². The summed E-state index contributed by atoms with van der Waals surface area (Å²) in [5.74, 6) is 0.557. The third-order valence-electron chi connectivity index (χ3n) is 5.40. The number of azide groups is 1. The molecule has 35 heavy (non-hydrogen) atoms. The average molecular weight is 467 g/mol. The van der Waals surface area contributed by atoms with Crippen LogP contribution >= 0.6 is 0 Å². The van der Waals surface area contributed by atoms with Crippen molar-refractivity contribution in [3.63, 3.8) is 0 Å². The van der Waals surface area contributed by atoms with Crippen molar-refractivity contribution in [3.05, 3.63) is 122 Å². The molecule has 1 heterocycles. The van der Waals surface area contributed by atoms with Crippen molar-refractivity contribution < 1.29 is 14.5 Å². The number of non-ortho nitro benzene ring substituents is 1. The Bertz CT molecular complexity index is 1340. The molecule has 1 amide bonds. The summed E-state index contributed by atoms with van der Waals surface area (Å²) in [6.07, 6.45) is 5.34. The van der Waals surface area contributed by atoms with E-state index in [4.69, 9.17) is 10.3 Å². The number of benzene rings is 3. The first-order valence-electron chi connectivity index (χ1n) is 10.8. The number of anilines is 1. The Morgan fingerprint density at radius 2 is 1.80 bits per heavy atom. The van der Waals surface area contributed by atoms with Gasteiger partial charge in [0.25, 0.3) is 11.6 Å². The van der Waals surface area contributed by atoms with Gasteiger partial charge in [0.1, 0.15) is 5.75 Å². The molecule has 0 bridgehead atoms. The predicted molar refractivity (Wildman–Crippen MR) is 134 cm³/mol. The van der Waals surface area contributed by atoms with E-state index in [-0.39, 0.29) is 18.1 Å². The van der Waals surface area contributed by atoms with Gasteiger partial charge < -0.3 is 9.64 Å². The minimum atomic E-state index is -0.440. The fourth-order valence-electron chi connectivity index (χ4n) is 3.71. The molecule has 3 aromatic carbocycles. The summed E-state index contributed by atoms with van der Waals surface area (Å²) in [7, 11) is 0. The fraction of sp³-hybridized carbons (Fsp3) is 0.115. The van der Waals surface area contributed by atoms with Crippen LogP contribution in [0.5, 0.6) is 5.75 Å². The Kier molecular flexibility index (Phi) is 7.20. The maximum Gasteiger partial charge on any atom is 0.269 e. The molecule has 0 spiro atoms. The molecule has 0 fully saturated rings. The van der Waals surface area contributed by atoms with Gasteiger partial charge in [-0.05, 0) is 53.1 Å². The predicted octanol–water partition coefficient (Wildman–Crippen LogP) is 5.93. The summed E-state index contributed by atoms with van der Waals surface area (Å²) in [6.45, 7) is 0.951. The van der Waals surface area contributed by atoms with Crippen molar-refractivity contribution in [2.24, 2.45) is 5.11 Å². The number of fused-ring (bicyclic) bond motifs is 1. The zero-order chi connectivity index (χ0) is 24.6. The van der Waals surface area contributed by atoms with Gasteiger partial charge in [-0.25, -0.2) is 0 Å². The number of ether oxygens (including phenoxy) is 1. The molecule has 1 aliphatic rings. The quantitative estimate of drug-likeness (QED) is 0.0736. The lowest BCUT2D eigenvalue weighted by atomic mass is 10.1. The summed E-state index contributed by atoms with van der Waals surface area (Å²) in [6, 6.07) is 21.3. The lowest BCUT2D eigenvalue weighted by Gasteiger charge is -2.17. The van der Waals surface area contributed by atoms with Crippen LogP contribution in [0.3, 0.4) is 0 Å². The van der Waals surface area contributed by atoms with Crippen LogP contribution in [0.15, 0.2) is 90.1 Å². The molecule has 0 aliphatic carbocycles. The van der Waals surface area contributed by atoms with Crippen LogP contribution in [0, 0.1) is 10.1 Å². The number of para-hydroxylation sites is 1. The van der Waals surface area contributed by atoms with Crippen molar-refractivity contribution in [1.29, 1.82) is 0 Å². The van der Waals surface area contributed by atoms with Gasteiger partial charge in [0.05, 0.1) is 30.3 Å². The highest BCUT2D eigenvalue weighted by Gasteiger charge is 2.31. The van der Waals surface area contributed by atoms with E-state index >= 15 is 0 Å². The van der Waals surface area contributed by atoms with Crippen LogP contribution in [0.1, 0.15) is 16.7 Å². The van der Waals surface area contributed by atoms with Gasteiger partial charge in [-0.15, -0.1) is 0 Å². The second kappa shape index (κ2) is 10.8. The third-order valence-corrected chi connectivity index (χ3v) is 5.40. The Balaban J connectivity index is 1.49. The summed E-state index contributed by atoms with van der Waals surface area (Å²) < 4.78 is 5.53. The topological polar surface area (TPSA) is 121 Å². The number of hydrogen-bond acceptors (Lipinski definition) is 5. The lowest BCUT2D eigenvalue weighted by molar-refractivity contribution is -0.384. The smallest absolute Gasteiger partial charge is 0.269 e. The molecule has 3 aromatic rings. The van der Waals surface area contributed by atoms with Crippen molar-refractivity contribution in [2.75, 3.05) is 18.1 Å². The maximum atomic E-state index is 13.3. The van der Waals surface area contributed by atoms with Gasteiger partial charge in [-0.2, -0.15) is 0 Å². The summed E-state index contributed by atoms with van der Waals surface area (Å²) >= 11 is 0. The minimum absolute atomic E-state index is 0.0313. The summed E-state index contributed by atoms with van der Waals surface area (Å²) in [4.78, 5) is 28.1. The van der Waals surface area contributed by atoms with Crippen LogP contribution in [0.4, 0.5) is 11.4 Å². The molecular weight excluding hydrogens is 446 g/mol. The molecule has 9 nitrogen and oxygen atoms in total. The van der Waals surface area contributed by atoms with Crippen LogP contribution in [0.25, 0.3) is 22.1 Å². The monoisotopic (exact) mass is 467 g/mol. The fourth-order valence-corrected chi connectivity index (χ4v) is 3.71. The van der Waals surface area contributed by atoms with E-state index in [9.17, 15) is 14.9 Å². The molecule has 0 N–H and O–H groups in total. The SMILES string of the molecule is [N-]=[N+]=NCCOc1ccc(CN2C(=O)C(=C/C=C/c3ccc([N+](=O)[O-])cc3)c3ccccc32)cc1. The second-order valence-electron chi connectivity index (χ2n) is 7.64. The molecule has 4 rings (SSSR count). The van der Waals surface area contributed by atoms with E-state index in [1.807, 2.05) is 48.5 Å². The van der Waals surface area contributed by atoms with Gasteiger partial charge in [0.2, 0.25) is 0 Å². The molecule has 0 unspecified atom stereocenters. The lowest BCUT2D eigenvalue weighted by Crippen LogP contribution is -2.25. The Hall–Kier alpha value is -4.88. The Morgan fingerprint density at radius 3 is 2.51 bits per heavy atom. The number of amides is 1. The number of nitro benzene ring substituents is 1. The van der Waals surface area contributed by atoms with E-state index in [1.165, 1.54) is 12.1 Å². The zero-order valence-electron chi connectivity index (χ0n) is 18.7. The molecule has 0 radical (unpaired) electrons. The molecule has 0 saturated heterocycles. The largest absolute Gasteiger partial charge is 0.493 e. The molecule has 0 aromatic heterocycles. The van der Waals surface area contributed by atoms with Gasteiger partial charge in [-0.3, -0.25) is 14.9 Å². The highest BCUT2D eigenvalue weighted by atomic mass is 16.6. The van der Waals surface area contributed by atoms with Crippen molar-refractivity contribution in [3.8, 4) is 5.75 Å². The van der Waals surface area contributed by atoms with Gasteiger partial charge in [0.15, 0.2) is 0 Å². The molecule has 0 saturated carbocycles.